The van der Waals surface area contributed by atoms with Gasteiger partial charge in [0.05, 0.1) is 12.5 Å². The molecule has 2 nitrogen and oxygen atoms in total. The van der Waals surface area contributed by atoms with E-state index in [1.807, 2.05) is 12.1 Å². The maximum absolute atomic E-state index is 11.8. The second-order valence-electron chi connectivity index (χ2n) is 4.00. The van der Waals surface area contributed by atoms with Crippen molar-refractivity contribution >= 4 is 17.7 Å². The van der Waals surface area contributed by atoms with E-state index in [4.69, 9.17) is 4.74 Å². The Morgan fingerprint density at radius 3 is 2.69 bits per heavy atom. The van der Waals surface area contributed by atoms with E-state index >= 15 is 0 Å². The molecule has 3 heteroatoms. The van der Waals surface area contributed by atoms with Crippen LogP contribution in [0.3, 0.4) is 0 Å². The van der Waals surface area contributed by atoms with E-state index in [9.17, 15) is 4.79 Å². The second kappa shape index (κ2) is 4.50. The van der Waals surface area contributed by atoms with E-state index < -0.39 is 0 Å². The first-order valence-corrected chi connectivity index (χ1v) is 6.54. The third kappa shape index (κ3) is 1.84. The van der Waals surface area contributed by atoms with Gasteiger partial charge in [0.15, 0.2) is 0 Å². The van der Waals surface area contributed by atoms with Gasteiger partial charge in [-0.2, -0.15) is 0 Å². The molecule has 0 unspecified atom stereocenters. The van der Waals surface area contributed by atoms with Crippen molar-refractivity contribution in [3.8, 4) is 0 Å². The fourth-order valence-electron chi connectivity index (χ4n) is 2.05. The van der Waals surface area contributed by atoms with Gasteiger partial charge in [-0.25, -0.2) is 0 Å². The van der Waals surface area contributed by atoms with Gasteiger partial charge in [-0.3, -0.25) is 4.79 Å². The van der Waals surface area contributed by atoms with Crippen molar-refractivity contribution in [2.75, 3.05) is 12.9 Å². The largest absolute Gasteiger partial charge is 0.468 e. The molecule has 1 aromatic rings. The second-order valence-corrected chi connectivity index (χ2v) is 5.31. The highest BCUT2D eigenvalue weighted by Crippen LogP contribution is 2.51. The van der Waals surface area contributed by atoms with Crippen molar-refractivity contribution in [1.29, 1.82) is 0 Å². The highest BCUT2D eigenvalue weighted by Gasteiger charge is 2.53. The van der Waals surface area contributed by atoms with E-state index in [1.54, 1.807) is 11.8 Å². The van der Waals surface area contributed by atoms with Crippen LogP contribution in [0.5, 0.6) is 0 Å². The minimum atomic E-state index is -0.340. The van der Waals surface area contributed by atoms with Crippen LogP contribution in [-0.4, -0.2) is 18.8 Å². The normalized spacial score (nSPS) is 16.9. The first-order chi connectivity index (χ1) is 7.74. The number of esters is 1. The smallest absolute Gasteiger partial charge is 0.316 e. The van der Waals surface area contributed by atoms with Gasteiger partial charge in [-0.15, -0.1) is 11.8 Å². The van der Waals surface area contributed by atoms with Gasteiger partial charge >= 0.3 is 5.97 Å². The van der Waals surface area contributed by atoms with Crippen LogP contribution in [0.25, 0.3) is 0 Å². The molecule has 0 spiro atoms. The number of benzene rings is 1. The van der Waals surface area contributed by atoms with Gasteiger partial charge in [0, 0.05) is 4.90 Å². The van der Waals surface area contributed by atoms with Crippen molar-refractivity contribution < 1.29 is 9.53 Å². The molecule has 0 radical (unpaired) electrons. The zero-order valence-corrected chi connectivity index (χ0v) is 10.5. The topological polar surface area (TPSA) is 26.3 Å². The lowest BCUT2D eigenvalue weighted by atomic mass is 9.96. The van der Waals surface area contributed by atoms with Crippen LogP contribution in [0.1, 0.15) is 25.3 Å². The fraction of sp³-hybridized carbons (Fsp3) is 0.462. The van der Waals surface area contributed by atoms with Crippen LogP contribution < -0.4 is 0 Å². The maximum atomic E-state index is 11.8. The van der Waals surface area contributed by atoms with Gasteiger partial charge in [-0.05, 0) is 30.2 Å². The average Bonchev–Trinajstić information content (AvgIpc) is 3.10. The minimum absolute atomic E-state index is 0.0864. The number of hydrogen-bond acceptors (Lipinski definition) is 3. The Kier molecular flexibility index (Phi) is 3.24. The summed E-state index contributed by atoms with van der Waals surface area (Å²) in [4.78, 5) is 13.0. The first kappa shape index (κ1) is 11.5. The third-order valence-electron chi connectivity index (χ3n) is 3.03. The Morgan fingerprint density at radius 2 is 2.12 bits per heavy atom. The van der Waals surface area contributed by atoms with E-state index in [-0.39, 0.29) is 11.4 Å². The number of hydrogen-bond donors (Lipinski definition) is 0. The summed E-state index contributed by atoms with van der Waals surface area (Å²) in [5, 5.41) is 0. The van der Waals surface area contributed by atoms with Crippen LogP contribution in [0.2, 0.25) is 0 Å². The fourth-order valence-corrected chi connectivity index (χ4v) is 2.95. The summed E-state index contributed by atoms with van der Waals surface area (Å²) in [6.07, 6.45) is 1.84. The molecule has 1 saturated carbocycles. The molecule has 0 saturated heterocycles. The number of methoxy groups -OCH3 is 1. The quantitative estimate of drug-likeness (QED) is 0.594. The van der Waals surface area contributed by atoms with Crippen molar-refractivity contribution in [1.82, 2.24) is 0 Å². The van der Waals surface area contributed by atoms with Gasteiger partial charge < -0.3 is 4.74 Å². The summed E-state index contributed by atoms with van der Waals surface area (Å²) in [6, 6.07) is 8.17. The van der Waals surface area contributed by atoms with Crippen molar-refractivity contribution in [3.63, 3.8) is 0 Å². The molecular weight excluding hydrogens is 220 g/mol. The molecule has 16 heavy (non-hydrogen) atoms. The van der Waals surface area contributed by atoms with Crippen molar-refractivity contribution in [2.45, 2.75) is 30.1 Å². The highest BCUT2D eigenvalue weighted by molar-refractivity contribution is 7.99. The molecule has 86 valence electrons. The molecule has 0 aromatic heterocycles. The monoisotopic (exact) mass is 236 g/mol. The highest BCUT2D eigenvalue weighted by atomic mass is 32.2. The number of carbonyl (C=O) groups excluding carboxylic acids is 1. The predicted molar refractivity (Wildman–Crippen MR) is 65.8 cm³/mol. The minimum Gasteiger partial charge on any atom is -0.468 e. The van der Waals surface area contributed by atoms with Crippen LogP contribution in [0, 0.1) is 0 Å². The number of rotatable bonds is 4. The number of ether oxygens (including phenoxy) is 1. The molecule has 0 aliphatic heterocycles. The molecule has 1 aliphatic carbocycles. The van der Waals surface area contributed by atoms with Gasteiger partial charge in [-0.1, -0.05) is 25.1 Å². The summed E-state index contributed by atoms with van der Waals surface area (Å²) >= 11 is 1.79. The summed E-state index contributed by atoms with van der Waals surface area (Å²) in [5.41, 5.74) is 0.807. The zero-order chi connectivity index (χ0) is 11.6. The Balaban J connectivity index is 2.36. The van der Waals surface area contributed by atoms with Crippen LogP contribution in [0.4, 0.5) is 0 Å². The summed E-state index contributed by atoms with van der Waals surface area (Å²) < 4.78 is 4.92. The lowest BCUT2D eigenvalue weighted by Gasteiger charge is -2.16. The molecule has 0 atom stereocenters. The molecule has 0 amide bonds. The van der Waals surface area contributed by atoms with Crippen LogP contribution in [0.15, 0.2) is 29.2 Å². The van der Waals surface area contributed by atoms with E-state index in [2.05, 4.69) is 19.1 Å². The molecule has 0 heterocycles. The Labute approximate surface area is 100 Å². The van der Waals surface area contributed by atoms with Crippen LogP contribution in [-0.2, 0) is 14.9 Å². The summed E-state index contributed by atoms with van der Waals surface area (Å²) in [7, 11) is 1.47. The molecule has 0 bridgehead atoms. The Bertz CT molecular complexity index is 397. The van der Waals surface area contributed by atoms with Crippen molar-refractivity contribution in [2.24, 2.45) is 0 Å². The molecule has 2 rings (SSSR count). The predicted octanol–water partition coefficient (Wildman–Crippen LogP) is 3.00. The first-order valence-electron chi connectivity index (χ1n) is 5.55. The maximum Gasteiger partial charge on any atom is 0.316 e. The van der Waals surface area contributed by atoms with E-state index in [1.165, 1.54) is 12.0 Å². The average molecular weight is 236 g/mol. The van der Waals surface area contributed by atoms with Gasteiger partial charge in [0.25, 0.3) is 0 Å². The summed E-state index contributed by atoms with van der Waals surface area (Å²) in [6.45, 7) is 2.12. The Hall–Kier alpha value is -0.960. The zero-order valence-electron chi connectivity index (χ0n) is 9.66. The van der Waals surface area contributed by atoms with Crippen LogP contribution >= 0.6 is 11.8 Å². The van der Waals surface area contributed by atoms with Gasteiger partial charge in [0.1, 0.15) is 0 Å². The SMILES string of the molecule is CCSc1ccccc1C1(C(=O)OC)CC1. The summed E-state index contributed by atoms with van der Waals surface area (Å²) in [5.74, 6) is 0.936. The van der Waals surface area contributed by atoms with E-state index in [0.29, 0.717) is 0 Å². The molecule has 0 N–H and O–H groups in total. The molecule has 1 aliphatic rings. The van der Waals surface area contributed by atoms with E-state index in [0.717, 1.165) is 24.2 Å². The lowest BCUT2D eigenvalue weighted by Crippen LogP contribution is -2.22. The standard InChI is InChI=1S/C13H16O2S/c1-3-16-11-7-5-4-6-10(11)13(8-9-13)12(14)15-2/h4-7H,3,8-9H2,1-2H3. The molecule has 1 aromatic carbocycles. The van der Waals surface area contributed by atoms with Gasteiger partial charge in [0.2, 0.25) is 0 Å². The molecule has 1 fully saturated rings. The third-order valence-corrected chi connectivity index (χ3v) is 3.98. The lowest BCUT2D eigenvalue weighted by molar-refractivity contribution is -0.143. The molecular formula is C13H16O2S. The number of thioether (sulfide) groups is 1. The Morgan fingerprint density at radius 1 is 1.44 bits per heavy atom. The van der Waals surface area contributed by atoms with Crippen molar-refractivity contribution in [3.05, 3.63) is 29.8 Å². The number of carbonyl (C=O) groups is 1.